The predicted octanol–water partition coefficient (Wildman–Crippen LogP) is 4.70. The Morgan fingerprint density at radius 2 is 1.79 bits per heavy atom. The maximum Gasteiger partial charge on any atom is 0.413 e. The molecular weight excluding hydrogens is 651 g/mol. The SMILES string of the molecule is CCC1=C(C)CN(C(=O)NCCc2ccc(S(=O)(=O)NC(=O)NC3CCCCC3)cc2)C1NC1=CC2OC(=O)C=C(C(F)(F)F)C2C=C1. The first-order valence-corrected chi connectivity index (χ1v) is 17.5. The lowest BCUT2D eigenvalue weighted by atomic mass is 9.86. The Hall–Kier alpha value is -4.27. The number of amides is 4. The molecule has 15 heteroatoms. The molecule has 0 bridgehead atoms. The highest BCUT2D eigenvalue weighted by Crippen LogP contribution is 2.39. The Morgan fingerprint density at radius 3 is 2.46 bits per heavy atom. The second-order valence-electron chi connectivity index (χ2n) is 12.4. The van der Waals surface area contributed by atoms with Crippen LogP contribution >= 0.6 is 0 Å². The highest BCUT2D eigenvalue weighted by atomic mass is 32.2. The van der Waals surface area contributed by atoms with Gasteiger partial charge in [0.2, 0.25) is 0 Å². The molecule has 1 fully saturated rings. The van der Waals surface area contributed by atoms with E-state index in [1.165, 1.54) is 30.4 Å². The van der Waals surface area contributed by atoms with Gasteiger partial charge in [-0.15, -0.1) is 0 Å². The molecule has 260 valence electrons. The van der Waals surface area contributed by atoms with Crippen molar-refractivity contribution in [3.05, 3.63) is 76.5 Å². The van der Waals surface area contributed by atoms with Crippen molar-refractivity contribution in [3.8, 4) is 0 Å². The Balaban J connectivity index is 1.16. The fourth-order valence-electron chi connectivity index (χ4n) is 6.57. The van der Waals surface area contributed by atoms with Crippen LogP contribution in [0.25, 0.3) is 0 Å². The van der Waals surface area contributed by atoms with Gasteiger partial charge in [0.1, 0.15) is 12.3 Å². The minimum Gasteiger partial charge on any atom is -0.454 e. The first-order chi connectivity index (χ1) is 22.7. The third kappa shape index (κ3) is 8.23. The fraction of sp³-hybridized carbons (Fsp3) is 0.485. The van der Waals surface area contributed by atoms with Crippen molar-refractivity contribution in [3.63, 3.8) is 0 Å². The summed E-state index contributed by atoms with van der Waals surface area (Å²) in [7, 11) is -4.06. The van der Waals surface area contributed by atoms with E-state index in [2.05, 4.69) is 20.7 Å². The number of carbonyl (C=O) groups excluding carboxylic acids is 3. The highest BCUT2D eigenvalue weighted by molar-refractivity contribution is 7.90. The van der Waals surface area contributed by atoms with Crippen LogP contribution in [0.1, 0.15) is 57.9 Å². The summed E-state index contributed by atoms with van der Waals surface area (Å²) in [5.41, 5.74) is 2.16. The maximum atomic E-state index is 13.5. The summed E-state index contributed by atoms with van der Waals surface area (Å²) in [6.45, 7) is 4.43. The standard InChI is InChI=1S/C33H40F3N5O6S/c1-3-25-20(2)19-41(30(25)38-23-11-14-26-27(33(34,35)36)18-29(42)47-28(26)17-23)32(44)37-16-15-21-9-12-24(13-10-21)48(45,46)40-31(43)39-22-7-5-4-6-8-22/h9-14,17-18,22,26,28,30,38H,3-8,15-16,19H2,1-2H3,(H,37,44)(H2,39,40,43). The van der Waals surface area contributed by atoms with E-state index in [-0.39, 0.29) is 23.5 Å². The van der Waals surface area contributed by atoms with Gasteiger partial charge in [-0.05, 0) is 68.0 Å². The molecule has 11 nitrogen and oxygen atoms in total. The molecular formula is C33H40F3N5O6S. The lowest BCUT2D eigenvalue weighted by Gasteiger charge is -2.34. The van der Waals surface area contributed by atoms with Crippen molar-refractivity contribution in [2.24, 2.45) is 5.92 Å². The number of urea groups is 2. The van der Waals surface area contributed by atoms with Gasteiger partial charge in [-0.3, -0.25) is 4.90 Å². The molecule has 4 amide bonds. The number of nitrogens with one attached hydrogen (secondary N) is 4. The maximum absolute atomic E-state index is 13.5. The van der Waals surface area contributed by atoms with Crippen LogP contribution in [0.3, 0.4) is 0 Å². The third-order valence-electron chi connectivity index (χ3n) is 9.03. The number of benzene rings is 1. The van der Waals surface area contributed by atoms with Gasteiger partial charge in [0, 0.05) is 36.8 Å². The fourth-order valence-corrected chi connectivity index (χ4v) is 7.48. The van der Waals surface area contributed by atoms with E-state index in [0.717, 1.165) is 48.8 Å². The molecule has 0 radical (unpaired) electrons. The Kier molecular flexibility index (Phi) is 10.6. The van der Waals surface area contributed by atoms with Crippen LogP contribution in [0.2, 0.25) is 0 Å². The van der Waals surface area contributed by atoms with Crippen molar-refractivity contribution >= 4 is 28.1 Å². The van der Waals surface area contributed by atoms with E-state index in [0.29, 0.717) is 31.2 Å². The molecule has 0 aromatic heterocycles. The topological polar surface area (TPSA) is 146 Å². The number of nitrogens with zero attached hydrogens (tertiary/aromatic N) is 1. The summed E-state index contributed by atoms with van der Waals surface area (Å²) < 4.78 is 73.3. The average molecular weight is 692 g/mol. The summed E-state index contributed by atoms with van der Waals surface area (Å²) in [6.07, 6.45) is 4.14. The molecule has 1 aromatic rings. The highest BCUT2D eigenvalue weighted by Gasteiger charge is 2.45. The van der Waals surface area contributed by atoms with Crippen molar-refractivity contribution in [2.75, 3.05) is 13.1 Å². The first kappa shape index (κ1) is 35.0. The van der Waals surface area contributed by atoms with Gasteiger partial charge in [0.15, 0.2) is 0 Å². The predicted molar refractivity (Wildman–Crippen MR) is 171 cm³/mol. The van der Waals surface area contributed by atoms with E-state index < -0.39 is 52.0 Å². The molecule has 1 aromatic carbocycles. The Labute approximate surface area is 277 Å². The van der Waals surface area contributed by atoms with Crippen molar-refractivity contribution in [2.45, 2.75) is 88.2 Å². The van der Waals surface area contributed by atoms with Crippen molar-refractivity contribution < 1.29 is 40.7 Å². The summed E-state index contributed by atoms with van der Waals surface area (Å²) in [5.74, 6) is -2.22. The number of ether oxygens (including phenoxy) is 1. The first-order valence-electron chi connectivity index (χ1n) is 16.1. The lowest BCUT2D eigenvalue weighted by Crippen LogP contribution is -2.50. The van der Waals surface area contributed by atoms with E-state index in [4.69, 9.17) is 4.74 Å². The number of carbonyl (C=O) groups is 3. The number of hydrogen-bond donors (Lipinski definition) is 4. The van der Waals surface area contributed by atoms with Gasteiger partial charge in [0.25, 0.3) is 10.0 Å². The van der Waals surface area contributed by atoms with Crippen LogP contribution in [0.5, 0.6) is 0 Å². The van der Waals surface area contributed by atoms with Crippen LogP contribution < -0.4 is 20.7 Å². The van der Waals surface area contributed by atoms with Crippen LogP contribution in [0.15, 0.2) is 75.9 Å². The minimum atomic E-state index is -4.68. The molecule has 2 aliphatic carbocycles. The van der Waals surface area contributed by atoms with Gasteiger partial charge < -0.3 is 20.7 Å². The number of alkyl halides is 3. The number of fused-ring (bicyclic) bond motifs is 1. The van der Waals surface area contributed by atoms with Crippen LogP contribution in [0.4, 0.5) is 22.8 Å². The van der Waals surface area contributed by atoms with E-state index in [1.807, 2.05) is 13.8 Å². The number of esters is 1. The molecule has 4 aliphatic rings. The van der Waals surface area contributed by atoms with Gasteiger partial charge in [0.05, 0.1) is 10.5 Å². The van der Waals surface area contributed by atoms with E-state index in [9.17, 15) is 36.0 Å². The van der Waals surface area contributed by atoms with Crippen molar-refractivity contribution in [1.82, 2.24) is 25.6 Å². The van der Waals surface area contributed by atoms with Crippen LogP contribution in [-0.4, -0.2) is 68.9 Å². The van der Waals surface area contributed by atoms with Crippen LogP contribution in [-0.2, 0) is 26.0 Å². The van der Waals surface area contributed by atoms with Gasteiger partial charge in [-0.1, -0.05) is 50.0 Å². The second kappa shape index (κ2) is 14.5. The summed E-state index contributed by atoms with van der Waals surface area (Å²) in [5, 5.41) is 8.86. The minimum absolute atomic E-state index is 0.0358. The van der Waals surface area contributed by atoms with E-state index >= 15 is 0 Å². The molecule has 1 saturated carbocycles. The molecule has 4 N–H and O–H groups in total. The number of halogens is 3. The number of sulfonamides is 1. The zero-order chi connectivity index (χ0) is 34.6. The zero-order valence-corrected chi connectivity index (χ0v) is 27.5. The monoisotopic (exact) mass is 691 g/mol. The number of hydrogen-bond acceptors (Lipinski definition) is 7. The molecule has 3 unspecified atom stereocenters. The molecule has 0 saturated heterocycles. The van der Waals surface area contributed by atoms with Crippen molar-refractivity contribution in [1.29, 1.82) is 0 Å². The van der Waals surface area contributed by atoms with Gasteiger partial charge in [-0.25, -0.2) is 27.5 Å². The molecule has 2 aliphatic heterocycles. The molecule has 0 spiro atoms. The third-order valence-corrected chi connectivity index (χ3v) is 10.4. The average Bonchev–Trinajstić information content (AvgIpc) is 3.34. The normalized spacial score (nSPS) is 23.1. The molecule has 48 heavy (non-hydrogen) atoms. The largest absolute Gasteiger partial charge is 0.454 e. The zero-order valence-electron chi connectivity index (χ0n) is 26.7. The number of allylic oxidation sites excluding steroid dienone is 1. The summed E-state index contributed by atoms with van der Waals surface area (Å²) in [4.78, 5) is 39.0. The summed E-state index contributed by atoms with van der Waals surface area (Å²) >= 11 is 0. The second-order valence-corrected chi connectivity index (χ2v) is 14.1. The smallest absolute Gasteiger partial charge is 0.413 e. The number of rotatable bonds is 9. The Bertz CT molecular complexity index is 1650. The van der Waals surface area contributed by atoms with E-state index in [1.54, 1.807) is 17.0 Å². The van der Waals surface area contributed by atoms with Crippen LogP contribution in [0, 0.1) is 5.92 Å². The van der Waals surface area contributed by atoms with Gasteiger partial charge >= 0.3 is 24.2 Å². The molecule has 5 rings (SSSR count). The summed E-state index contributed by atoms with van der Waals surface area (Å²) in [6, 6.07) is 4.90. The molecule has 2 heterocycles. The van der Waals surface area contributed by atoms with Gasteiger partial charge in [-0.2, -0.15) is 13.2 Å². The molecule has 3 atom stereocenters. The Morgan fingerprint density at radius 1 is 1.08 bits per heavy atom. The lowest BCUT2D eigenvalue weighted by molar-refractivity contribution is -0.149. The quantitative estimate of drug-likeness (QED) is 0.217.